The number of nitrogens with one attached hydrogen (secondary N) is 1. The third-order valence-corrected chi connectivity index (χ3v) is 8.56. The number of carbonyl (C=O) groups excluding carboxylic acids is 1. The third kappa shape index (κ3) is 5.50. The van der Waals surface area contributed by atoms with Crippen LogP contribution in [0.5, 0.6) is 5.88 Å². The number of rotatable bonds is 6. The lowest BCUT2D eigenvalue weighted by molar-refractivity contribution is -0.135. The van der Waals surface area contributed by atoms with Crippen molar-refractivity contribution in [2.24, 2.45) is 0 Å². The van der Waals surface area contributed by atoms with Gasteiger partial charge in [-0.1, -0.05) is 12.1 Å². The predicted molar refractivity (Wildman–Crippen MR) is 141 cm³/mol. The molecule has 6 rings (SSSR count). The normalized spacial score (nSPS) is 17.9. The summed E-state index contributed by atoms with van der Waals surface area (Å²) >= 11 is 0. The Hall–Kier alpha value is -4.03. The van der Waals surface area contributed by atoms with Gasteiger partial charge in [0, 0.05) is 36.1 Å². The zero-order valence-corrected chi connectivity index (χ0v) is 22.0. The van der Waals surface area contributed by atoms with Gasteiger partial charge >= 0.3 is 0 Å². The highest BCUT2D eigenvalue weighted by molar-refractivity contribution is 7.91. The van der Waals surface area contributed by atoms with Gasteiger partial charge < -0.3 is 14.8 Å². The Morgan fingerprint density at radius 3 is 2.73 bits per heavy atom. The van der Waals surface area contributed by atoms with E-state index in [0.29, 0.717) is 28.2 Å². The molecule has 9 nitrogen and oxygen atoms in total. The molecule has 1 fully saturated rings. The van der Waals surface area contributed by atoms with E-state index in [1.807, 2.05) is 6.07 Å². The molecule has 0 unspecified atom stereocenters. The van der Waals surface area contributed by atoms with E-state index in [0.717, 1.165) is 5.39 Å². The fraction of sp³-hybridized carbons (Fsp3) is 0.286. The zero-order chi connectivity index (χ0) is 27.9. The molecular weight excluding hydrogens is 542 g/mol. The fourth-order valence-electron chi connectivity index (χ4n) is 4.62. The van der Waals surface area contributed by atoms with E-state index in [4.69, 9.17) is 9.47 Å². The molecule has 0 atom stereocenters. The highest BCUT2D eigenvalue weighted by Gasteiger charge is 2.47. The Morgan fingerprint density at radius 1 is 1.07 bits per heavy atom. The van der Waals surface area contributed by atoms with Crippen molar-refractivity contribution < 1.29 is 31.5 Å². The number of sulfone groups is 1. The molecule has 1 amide bonds. The highest BCUT2D eigenvalue weighted by Crippen LogP contribution is 2.39. The summed E-state index contributed by atoms with van der Waals surface area (Å²) in [7, 11) is -3.53. The van der Waals surface area contributed by atoms with Gasteiger partial charge in [-0.25, -0.2) is 27.2 Å². The molecular formula is C28H24F2N4O5S. The lowest BCUT2D eigenvalue weighted by Crippen LogP contribution is -2.43. The van der Waals surface area contributed by atoms with Crippen molar-refractivity contribution in [3.05, 3.63) is 77.6 Å². The molecule has 0 bridgehead atoms. The van der Waals surface area contributed by atoms with Crippen molar-refractivity contribution in [3.63, 3.8) is 0 Å². The SMILES string of the molecule is O=C(NCc1cc2nc(-c3cccc(OC4CC(F)(F)C4)n3)ccc2cn1)c1ccc2c(c1)S(=O)(=O)CCOC2. The Labute approximate surface area is 228 Å². The summed E-state index contributed by atoms with van der Waals surface area (Å²) in [6, 6.07) is 15.0. The number of aromatic nitrogens is 3. The molecule has 2 aliphatic rings. The van der Waals surface area contributed by atoms with E-state index in [2.05, 4.69) is 20.3 Å². The van der Waals surface area contributed by atoms with Crippen LogP contribution in [0.2, 0.25) is 0 Å². The monoisotopic (exact) mass is 566 g/mol. The summed E-state index contributed by atoms with van der Waals surface area (Å²) in [4.78, 5) is 26.4. The van der Waals surface area contributed by atoms with Crippen LogP contribution >= 0.6 is 0 Å². The Morgan fingerprint density at radius 2 is 1.90 bits per heavy atom. The predicted octanol–water partition coefficient (Wildman–Crippen LogP) is 4.10. The molecule has 1 aromatic carbocycles. The molecule has 40 heavy (non-hydrogen) atoms. The summed E-state index contributed by atoms with van der Waals surface area (Å²) in [5, 5.41) is 3.56. The third-order valence-electron chi connectivity index (χ3n) is 6.80. The Kier molecular flexibility index (Phi) is 6.67. The lowest BCUT2D eigenvalue weighted by atomic mass is 9.91. The number of hydrogen-bond acceptors (Lipinski definition) is 8. The quantitative estimate of drug-likeness (QED) is 0.370. The number of fused-ring (bicyclic) bond motifs is 2. The van der Waals surface area contributed by atoms with Gasteiger partial charge in [0.15, 0.2) is 9.84 Å². The topological polar surface area (TPSA) is 120 Å². The largest absolute Gasteiger partial charge is 0.474 e. The van der Waals surface area contributed by atoms with Crippen LogP contribution in [0.25, 0.3) is 22.3 Å². The van der Waals surface area contributed by atoms with Crippen LogP contribution in [0.1, 0.15) is 34.5 Å². The molecule has 4 aromatic rings. The maximum atomic E-state index is 13.1. The number of alkyl halides is 2. The van der Waals surface area contributed by atoms with Gasteiger partial charge in [0.1, 0.15) is 6.10 Å². The van der Waals surface area contributed by atoms with Crippen LogP contribution in [0.15, 0.2) is 65.7 Å². The standard InChI is InChI=1S/C28H24F2N4O5S/c29-28(30)12-21(13-28)39-26-3-1-2-22(34-26)23-7-6-18-14-31-20(11-24(18)33-23)15-32-27(35)17-4-5-19-16-38-8-9-40(36,37)25(19)10-17/h1-7,10-11,14,21H,8-9,12-13,15-16H2,(H,32,35). The maximum Gasteiger partial charge on any atom is 0.255 e. The molecule has 12 heteroatoms. The van der Waals surface area contributed by atoms with Gasteiger partial charge in [0.2, 0.25) is 5.88 Å². The molecule has 3 aromatic heterocycles. The minimum atomic E-state index is -3.53. The van der Waals surface area contributed by atoms with Crippen molar-refractivity contribution in [1.82, 2.24) is 20.3 Å². The summed E-state index contributed by atoms with van der Waals surface area (Å²) < 4.78 is 62.3. The zero-order valence-electron chi connectivity index (χ0n) is 21.1. The number of benzene rings is 1. The molecule has 1 aliphatic heterocycles. The van der Waals surface area contributed by atoms with Crippen LogP contribution in [0.3, 0.4) is 0 Å². The van der Waals surface area contributed by atoms with Gasteiger partial charge in [-0.2, -0.15) is 0 Å². The summed E-state index contributed by atoms with van der Waals surface area (Å²) in [6.45, 7) is 0.388. The van der Waals surface area contributed by atoms with E-state index in [1.165, 1.54) is 6.07 Å². The summed E-state index contributed by atoms with van der Waals surface area (Å²) in [5.74, 6) is -2.98. The number of pyridine rings is 3. The first-order valence-corrected chi connectivity index (χ1v) is 14.3. The summed E-state index contributed by atoms with van der Waals surface area (Å²) in [5.41, 5.74) is 3.03. The van der Waals surface area contributed by atoms with Gasteiger partial charge in [-0.05, 0) is 42.0 Å². The van der Waals surface area contributed by atoms with E-state index in [-0.39, 0.29) is 54.7 Å². The molecule has 0 saturated heterocycles. The van der Waals surface area contributed by atoms with Crippen molar-refractivity contribution in [1.29, 1.82) is 0 Å². The number of nitrogens with zero attached hydrogens (tertiary/aromatic N) is 3. The molecule has 1 aliphatic carbocycles. The van der Waals surface area contributed by atoms with E-state index in [9.17, 15) is 22.0 Å². The van der Waals surface area contributed by atoms with Crippen LogP contribution < -0.4 is 10.1 Å². The second kappa shape index (κ2) is 10.2. The van der Waals surface area contributed by atoms with Crippen molar-refractivity contribution in [2.75, 3.05) is 12.4 Å². The van der Waals surface area contributed by atoms with E-state index >= 15 is 0 Å². The average Bonchev–Trinajstić information content (AvgIpc) is 3.07. The van der Waals surface area contributed by atoms with Crippen molar-refractivity contribution in [3.8, 4) is 17.3 Å². The molecule has 206 valence electrons. The molecule has 1 saturated carbocycles. The van der Waals surface area contributed by atoms with Crippen LogP contribution in [0.4, 0.5) is 8.78 Å². The van der Waals surface area contributed by atoms with Gasteiger partial charge in [0.05, 0.1) is 53.0 Å². The minimum Gasteiger partial charge on any atom is -0.474 e. The first-order chi connectivity index (χ1) is 19.1. The highest BCUT2D eigenvalue weighted by atomic mass is 32.2. The van der Waals surface area contributed by atoms with Crippen LogP contribution in [-0.2, 0) is 27.7 Å². The van der Waals surface area contributed by atoms with Gasteiger partial charge in [-0.3, -0.25) is 9.78 Å². The first-order valence-electron chi connectivity index (χ1n) is 12.6. The second-order valence-corrected chi connectivity index (χ2v) is 11.9. The number of amides is 1. The number of carbonyl (C=O) groups is 1. The van der Waals surface area contributed by atoms with Crippen molar-refractivity contribution >= 4 is 26.6 Å². The first kappa shape index (κ1) is 26.2. The van der Waals surface area contributed by atoms with Gasteiger partial charge in [-0.15, -0.1) is 0 Å². The summed E-state index contributed by atoms with van der Waals surface area (Å²) in [6.07, 6.45) is 0.446. The maximum absolute atomic E-state index is 13.1. The second-order valence-electron chi connectivity index (χ2n) is 9.81. The Bertz CT molecular complexity index is 1720. The minimum absolute atomic E-state index is 0.0984. The number of ether oxygens (including phenoxy) is 2. The fourth-order valence-corrected chi connectivity index (χ4v) is 6.01. The average molecular weight is 567 g/mol. The van der Waals surface area contributed by atoms with Crippen molar-refractivity contribution in [2.45, 2.75) is 42.9 Å². The molecule has 0 spiro atoms. The van der Waals surface area contributed by atoms with E-state index in [1.54, 1.807) is 48.7 Å². The molecule has 0 radical (unpaired) electrons. The molecule has 4 heterocycles. The molecule has 1 N–H and O–H groups in total. The Balaban J connectivity index is 1.17. The lowest BCUT2D eigenvalue weighted by Gasteiger charge is -2.34. The number of hydrogen-bond donors (Lipinski definition) is 1. The number of halogens is 2. The van der Waals surface area contributed by atoms with Gasteiger partial charge in [0.25, 0.3) is 11.8 Å². The van der Waals surface area contributed by atoms with Crippen LogP contribution in [0, 0.1) is 0 Å². The van der Waals surface area contributed by atoms with Crippen LogP contribution in [-0.4, -0.2) is 53.7 Å². The van der Waals surface area contributed by atoms with E-state index < -0.39 is 27.8 Å². The smallest absolute Gasteiger partial charge is 0.255 e.